The summed E-state index contributed by atoms with van der Waals surface area (Å²) in [5.41, 5.74) is 1.44. The number of rotatable bonds is 5. The van der Waals surface area contributed by atoms with E-state index >= 15 is 0 Å². The number of nitrogens with one attached hydrogen (secondary N) is 1. The summed E-state index contributed by atoms with van der Waals surface area (Å²) in [5.74, 6) is 2.39. The lowest BCUT2D eigenvalue weighted by atomic mass is 10.2. The minimum atomic E-state index is 1.15. The highest BCUT2D eigenvalue weighted by molar-refractivity contribution is 7.98. The average Bonchev–Trinajstić information content (AvgIpc) is 2.65. The van der Waals surface area contributed by atoms with Crippen molar-refractivity contribution in [3.8, 4) is 0 Å². The van der Waals surface area contributed by atoms with Gasteiger partial charge in [0.15, 0.2) is 0 Å². The summed E-state index contributed by atoms with van der Waals surface area (Å²) in [4.78, 5) is 2.58. The van der Waals surface area contributed by atoms with Gasteiger partial charge in [0, 0.05) is 31.1 Å². The van der Waals surface area contributed by atoms with Crippen LogP contribution in [0.25, 0.3) is 0 Å². The maximum atomic E-state index is 3.45. The van der Waals surface area contributed by atoms with Gasteiger partial charge in [-0.15, -0.1) is 0 Å². The van der Waals surface area contributed by atoms with Gasteiger partial charge in [-0.2, -0.15) is 11.8 Å². The zero-order valence-corrected chi connectivity index (χ0v) is 11.2. The van der Waals surface area contributed by atoms with Crippen molar-refractivity contribution in [2.75, 3.05) is 38.5 Å². The van der Waals surface area contributed by atoms with Crippen LogP contribution in [0.1, 0.15) is 12.0 Å². The van der Waals surface area contributed by atoms with Crippen molar-refractivity contribution < 1.29 is 0 Å². The van der Waals surface area contributed by atoms with Gasteiger partial charge in [-0.05, 0) is 25.1 Å². The minimum Gasteiger partial charge on any atom is -0.315 e. The fourth-order valence-electron chi connectivity index (χ4n) is 2.08. The minimum absolute atomic E-state index is 1.15. The van der Waals surface area contributed by atoms with Crippen molar-refractivity contribution >= 4 is 11.8 Å². The van der Waals surface area contributed by atoms with Gasteiger partial charge >= 0.3 is 0 Å². The molecule has 2 rings (SSSR count). The van der Waals surface area contributed by atoms with Crippen LogP contribution in [0.2, 0.25) is 0 Å². The quantitative estimate of drug-likeness (QED) is 0.807. The second kappa shape index (κ2) is 7.75. The molecule has 2 nitrogen and oxygen atoms in total. The highest BCUT2D eigenvalue weighted by Crippen LogP contribution is 2.11. The number of nitrogens with zero attached hydrogens (tertiary/aromatic N) is 1. The molecule has 0 saturated carbocycles. The van der Waals surface area contributed by atoms with Crippen molar-refractivity contribution in [1.82, 2.24) is 10.2 Å². The van der Waals surface area contributed by atoms with E-state index in [9.17, 15) is 0 Å². The van der Waals surface area contributed by atoms with E-state index in [0.717, 1.165) is 12.3 Å². The third-order valence-corrected chi connectivity index (χ3v) is 4.10. The van der Waals surface area contributed by atoms with Gasteiger partial charge in [-0.25, -0.2) is 0 Å². The van der Waals surface area contributed by atoms with E-state index in [1.165, 1.54) is 43.9 Å². The van der Waals surface area contributed by atoms with Gasteiger partial charge < -0.3 is 10.2 Å². The first-order valence-electron chi connectivity index (χ1n) is 6.50. The van der Waals surface area contributed by atoms with E-state index < -0.39 is 0 Å². The van der Waals surface area contributed by atoms with Crippen LogP contribution in [0, 0.1) is 0 Å². The third-order valence-electron chi connectivity index (χ3n) is 3.10. The van der Waals surface area contributed by atoms with Crippen LogP contribution in [0.15, 0.2) is 30.3 Å². The molecule has 1 aromatic carbocycles. The van der Waals surface area contributed by atoms with Crippen LogP contribution in [-0.2, 0) is 5.75 Å². The molecule has 1 saturated heterocycles. The van der Waals surface area contributed by atoms with Crippen LogP contribution in [-0.4, -0.2) is 43.4 Å². The van der Waals surface area contributed by atoms with Crippen LogP contribution < -0.4 is 5.32 Å². The zero-order valence-electron chi connectivity index (χ0n) is 10.4. The molecule has 0 amide bonds. The second-order valence-electron chi connectivity index (χ2n) is 4.48. The largest absolute Gasteiger partial charge is 0.315 e. The molecule has 0 aliphatic carbocycles. The maximum absolute atomic E-state index is 3.45. The summed E-state index contributed by atoms with van der Waals surface area (Å²) >= 11 is 2.04. The Kier molecular flexibility index (Phi) is 5.89. The van der Waals surface area contributed by atoms with Crippen LogP contribution in [0.4, 0.5) is 0 Å². The van der Waals surface area contributed by atoms with E-state index in [1.54, 1.807) is 0 Å². The second-order valence-corrected chi connectivity index (χ2v) is 5.59. The highest BCUT2D eigenvalue weighted by Gasteiger charge is 2.07. The number of hydrogen-bond donors (Lipinski definition) is 1. The standard InChI is InChI=1S/C14H22N2S/c1-2-5-14(6-3-1)13-17-12-11-16-9-4-7-15-8-10-16/h1-3,5-6,15H,4,7-13H2. The molecule has 0 spiro atoms. The first-order valence-corrected chi connectivity index (χ1v) is 7.65. The Morgan fingerprint density at radius 3 is 2.88 bits per heavy atom. The lowest BCUT2D eigenvalue weighted by Gasteiger charge is -2.18. The number of thioether (sulfide) groups is 1. The lowest BCUT2D eigenvalue weighted by Crippen LogP contribution is -2.30. The molecule has 1 fully saturated rings. The Bertz CT molecular complexity index is 294. The smallest absolute Gasteiger partial charge is 0.0185 e. The Balaban J connectivity index is 1.59. The van der Waals surface area contributed by atoms with Crippen molar-refractivity contribution in [3.05, 3.63) is 35.9 Å². The molecule has 3 heteroatoms. The maximum Gasteiger partial charge on any atom is 0.0185 e. The highest BCUT2D eigenvalue weighted by atomic mass is 32.2. The van der Waals surface area contributed by atoms with Gasteiger partial charge in [-0.3, -0.25) is 0 Å². The monoisotopic (exact) mass is 250 g/mol. The van der Waals surface area contributed by atoms with Gasteiger partial charge in [0.1, 0.15) is 0 Å². The molecular formula is C14H22N2S. The van der Waals surface area contributed by atoms with E-state index in [-0.39, 0.29) is 0 Å². The average molecular weight is 250 g/mol. The summed E-state index contributed by atoms with van der Waals surface area (Å²) < 4.78 is 0. The van der Waals surface area contributed by atoms with E-state index in [0.29, 0.717) is 0 Å². The molecule has 1 heterocycles. The molecule has 0 unspecified atom stereocenters. The molecule has 17 heavy (non-hydrogen) atoms. The third kappa shape index (κ3) is 5.11. The topological polar surface area (TPSA) is 15.3 Å². The zero-order chi connectivity index (χ0) is 11.8. The molecule has 1 aliphatic heterocycles. The molecule has 0 atom stereocenters. The molecule has 0 radical (unpaired) electrons. The molecule has 1 aliphatic rings. The van der Waals surface area contributed by atoms with Crippen molar-refractivity contribution in [2.24, 2.45) is 0 Å². The summed E-state index contributed by atoms with van der Waals surface area (Å²) in [6.45, 7) is 6.06. The summed E-state index contributed by atoms with van der Waals surface area (Å²) in [6, 6.07) is 10.7. The Hall–Kier alpha value is -0.510. The van der Waals surface area contributed by atoms with E-state index in [4.69, 9.17) is 0 Å². The fourth-order valence-corrected chi connectivity index (χ4v) is 3.04. The van der Waals surface area contributed by atoms with Crippen molar-refractivity contribution in [1.29, 1.82) is 0 Å². The first-order chi connectivity index (χ1) is 8.45. The summed E-state index contributed by atoms with van der Waals surface area (Å²) in [6.07, 6.45) is 1.29. The van der Waals surface area contributed by atoms with Gasteiger partial charge in [0.05, 0.1) is 0 Å². The molecule has 94 valence electrons. The first kappa shape index (κ1) is 12.9. The van der Waals surface area contributed by atoms with Gasteiger partial charge in [0.25, 0.3) is 0 Å². The Labute approximate surface area is 109 Å². The fraction of sp³-hybridized carbons (Fsp3) is 0.571. The molecule has 0 aromatic heterocycles. The van der Waals surface area contributed by atoms with E-state index in [1.807, 2.05) is 11.8 Å². The Morgan fingerprint density at radius 1 is 1.12 bits per heavy atom. The normalized spacial score (nSPS) is 17.9. The SMILES string of the molecule is c1ccc(CSCCN2CCCNCC2)cc1. The summed E-state index contributed by atoms with van der Waals surface area (Å²) in [5, 5.41) is 3.45. The van der Waals surface area contributed by atoms with Crippen LogP contribution in [0.5, 0.6) is 0 Å². The van der Waals surface area contributed by atoms with E-state index in [2.05, 4.69) is 40.5 Å². The lowest BCUT2D eigenvalue weighted by molar-refractivity contribution is 0.311. The van der Waals surface area contributed by atoms with Crippen molar-refractivity contribution in [2.45, 2.75) is 12.2 Å². The van der Waals surface area contributed by atoms with Crippen LogP contribution >= 0.6 is 11.8 Å². The van der Waals surface area contributed by atoms with Gasteiger partial charge in [0.2, 0.25) is 0 Å². The molecule has 0 bridgehead atoms. The molecule has 1 N–H and O–H groups in total. The number of hydrogen-bond acceptors (Lipinski definition) is 3. The predicted molar refractivity (Wildman–Crippen MR) is 76.5 cm³/mol. The summed E-state index contributed by atoms with van der Waals surface area (Å²) in [7, 11) is 0. The molecule has 1 aromatic rings. The van der Waals surface area contributed by atoms with Crippen molar-refractivity contribution in [3.63, 3.8) is 0 Å². The number of benzene rings is 1. The Morgan fingerprint density at radius 2 is 2.00 bits per heavy atom. The predicted octanol–water partition coefficient (Wildman–Crippen LogP) is 2.22. The van der Waals surface area contributed by atoms with Crippen LogP contribution in [0.3, 0.4) is 0 Å². The van der Waals surface area contributed by atoms with Gasteiger partial charge in [-0.1, -0.05) is 30.3 Å². The molecular weight excluding hydrogens is 228 g/mol.